The van der Waals surface area contributed by atoms with Crippen LogP contribution in [0.1, 0.15) is 19.8 Å². The second kappa shape index (κ2) is 6.48. The fourth-order valence-corrected chi connectivity index (χ4v) is 3.02. The summed E-state index contributed by atoms with van der Waals surface area (Å²) in [6.07, 6.45) is 2.55. The molecule has 4 nitrogen and oxygen atoms in total. The number of carbonyl (C=O) groups excluding carboxylic acids is 1. The van der Waals surface area contributed by atoms with Gasteiger partial charge in [-0.25, -0.2) is 0 Å². The summed E-state index contributed by atoms with van der Waals surface area (Å²) in [5.74, 6) is 0.909. The molecule has 0 bridgehead atoms. The molecule has 1 aromatic carbocycles. The second-order valence-corrected chi connectivity index (χ2v) is 6.29. The normalized spacial score (nSPS) is 21.1. The number of anilines is 1. The first-order valence-corrected chi connectivity index (χ1v) is 8.04. The van der Waals surface area contributed by atoms with E-state index in [-0.39, 0.29) is 5.91 Å². The van der Waals surface area contributed by atoms with Crippen LogP contribution in [0, 0.1) is 5.92 Å². The molecule has 1 saturated carbocycles. The third-order valence-electron chi connectivity index (χ3n) is 4.58. The van der Waals surface area contributed by atoms with E-state index in [1.807, 2.05) is 6.07 Å². The van der Waals surface area contributed by atoms with E-state index in [1.165, 1.54) is 18.5 Å². The van der Waals surface area contributed by atoms with Crippen molar-refractivity contribution in [1.29, 1.82) is 0 Å². The molecule has 4 heteroatoms. The predicted molar refractivity (Wildman–Crippen MR) is 85.4 cm³/mol. The van der Waals surface area contributed by atoms with Gasteiger partial charge in [0.25, 0.3) is 0 Å². The molecule has 1 aliphatic heterocycles. The standard InChI is InChI=1S/C17H25N3O/c1-14(15-7-8-15)18-17(21)13-19-9-11-20(12-10-19)16-5-3-2-4-6-16/h2-6,14-15H,7-13H2,1H3,(H,18,21)/t14-/m1/s1. The molecule has 0 unspecified atom stereocenters. The van der Waals surface area contributed by atoms with Crippen LogP contribution < -0.4 is 10.2 Å². The van der Waals surface area contributed by atoms with Crippen molar-refractivity contribution in [3.05, 3.63) is 30.3 Å². The lowest BCUT2D eigenvalue weighted by molar-refractivity contribution is -0.123. The van der Waals surface area contributed by atoms with Crippen LogP contribution in [0.4, 0.5) is 5.69 Å². The molecule has 1 N–H and O–H groups in total. The molecule has 1 heterocycles. The fraction of sp³-hybridized carbons (Fsp3) is 0.588. The van der Waals surface area contributed by atoms with Gasteiger partial charge in [-0.15, -0.1) is 0 Å². The number of benzene rings is 1. The molecular weight excluding hydrogens is 262 g/mol. The Labute approximate surface area is 127 Å². The number of piperazine rings is 1. The largest absolute Gasteiger partial charge is 0.369 e. The van der Waals surface area contributed by atoms with Gasteiger partial charge < -0.3 is 10.2 Å². The van der Waals surface area contributed by atoms with Crippen LogP contribution in [0.3, 0.4) is 0 Å². The maximum absolute atomic E-state index is 12.0. The number of para-hydroxylation sites is 1. The van der Waals surface area contributed by atoms with Crippen molar-refractivity contribution in [3.8, 4) is 0 Å². The van der Waals surface area contributed by atoms with Crippen molar-refractivity contribution in [2.24, 2.45) is 5.92 Å². The molecule has 114 valence electrons. The number of rotatable bonds is 5. The van der Waals surface area contributed by atoms with E-state index in [4.69, 9.17) is 0 Å². The summed E-state index contributed by atoms with van der Waals surface area (Å²) in [7, 11) is 0. The summed E-state index contributed by atoms with van der Waals surface area (Å²) in [6.45, 7) is 6.58. The minimum atomic E-state index is 0.183. The summed E-state index contributed by atoms with van der Waals surface area (Å²) >= 11 is 0. The zero-order valence-corrected chi connectivity index (χ0v) is 12.8. The van der Waals surface area contributed by atoms with Crippen molar-refractivity contribution in [2.75, 3.05) is 37.6 Å². The van der Waals surface area contributed by atoms with E-state index in [9.17, 15) is 4.79 Å². The van der Waals surface area contributed by atoms with Gasteiger partial charge in [-0.05, 0) is 37.8 Å². The maximum atomic E-state index is 12.0. The van der Waals surface area contributed by atoms with Crippen LogP contribution in [-0.2, 0) is 4.79 Å². The van der Waals surface area contributed by atoms with E-state index in [0.717, 1.165) is 32.1 Å². The molecule has 1 aliphatic carbocycles. The molecule has 3 rings (SSSR count). The SMILES string of the molecule is C[C@@H](NC(=O)CN1CCN(c2ccccc2)CC1)C1CC1. The molecule has 2 aliphatic rings. The number of amides is 1. The van der Waals surface area contributed by atoms with Gasteiger partial charge in [0.2, 0.25) is 5.91 Å². The zero-order valence-electron chi connectivity index (χ0n) is 12.8. The lowest BCUT2D eigenvalue weighted by Crippen LogP contribution is -2.50. The highest BCUT2D eigenvalue weighted by Gasteiger charge is 2.29. The molecule has 0 spiro atoms. The van der Waals surface area contributed by atoms with Crippen molar-refractivity contribution in [1.82, 2.24) is 10.2 Å². The Morgan fingerprint density at radius 3 is 2.48 bits per heavy atom. The van der Waals surface area contributed by atoms with Gasteiger partial charge in [0.1, 0.15) is 0 Å². The Bertz CT molecular complexity index is 464. The van der Waals surface area contributed by atoms with E-state index in [0.29, 0.717) is 12.6 Å². The average molecular weight is 287 g/mol. The van der Waals surface area contributed by atoms with Crippen molar-refractivity contribution in [2.45, 2.75) is 25.8 Å². The van der Waals surface area contributed by atoms with Gasteiger partial charge in [-0.1, -0.05) is 18.2 Å². The van der Waals surface area contributed by atoms with Crippen LogP contribution >= 0.6 is 0 Å². The Balaban J connectivity index is 1.42. The first-order valence-electron chi connectivity index (χ1n) is 8.04. The molecule has 1 aromatic rings. The molecule has 21 heavy (non-hydrogen) atoms. The molecule has 1 saturated heterocycles. The van der Waals surface area contributed by atoms with Crippen LogP contribution in [0.15, 0.2) is 30.3 Å². The highest BCUT2D eigenvalue weighted by atomic mass is 16.2. The van der Waals surface area contributed by atoms with Gasteiger partial charge in [-0.2, -0.15) is 0 Å². The fourth-order valence-electron chi connectivity index (χ4n) is 3.02. The summed E-state index contributed by atoms with van der Waals surface area (Å²) in [5.41, 5.74) is 1.28. The first-order chi connectivity index (χ1) is 10.2. The van der Waals surface area contributed by atoms with E-state index >= 15 is 0 Å². The molecule has 1 atom stereocenters. The minimum absolute atomic E-state index is 0.183. The van der Waals surface area contributed by atoms with Crippen molar-refractivity contribution < 1.29 is 4.79 Å². The van der Waals surface area contributed by atoms with Gasteiger partial charge in [-0.3, -0.25) is 9.69 Å². The Kier molecular flexibility index (Phi) is 4.44. The van der Waals surface area contributed by atoms with Crippen LogP contribution in [0.5, 0.6) is 0 Å². The number of nitrogens with zero attached hydrogens (tertiary/aromatic N) is 2. The molecular formula is C17H25N3O. The van der Waals surface area contributed by atoms with E-state index in [1.54, 1.807) is 0 Å². The number of carbonyl (C=O) groups is 1. The first kappa shape index (κ1) is 14.4. The lowest BCUT2D eigenvalue weighted by Gasteiger charge is -2.35. The second-order valence-electron chi connectivity index (χ2n) is 6.29. The van der Waals surface area contributed by atoms with Gasteiger partial charge in [0, 0.05) is 37.9 Å². The Hall–Kier alpha value is -1.55. The zero-order chi connectivity index (χ0) is 14.7. The monoisotopic (exact) mass is 287 g/mol. The Morgan fingerprint density at radius 1 is 1.19 bits per heavy atom. The van der Waals surface area contributed by atoms with Crippen LogP contribution in [-0.4, -0.2) is 49.6 Å². The number of hydrogen-bond acceptors (Lipinski definition) is 3. The van der Waals surface area contributed by atoms with Gasteiger partial charge in [0.15, 0.2) is 0 Å². The highest BCUT2D eigenvalue weighted by molar-refractivity contribution is 5.78. The topological polar surface area (TPSA) is 35.6 Å². The molecule has 1 amide bonds. The maximum Gasteiger partial charge on any atom is 0.234 e. The summed E-state index contributed by atoms with van der Waals surface area (Å²) in [5, 5.41) is 3.14. The van der Waals surface area contributed by atoms with Crippen LogP contribution in [0.2, 0.25) is 0 Å². The van der Waals surface area contributed by atoms with E-state index < -0.39 is 0 Å². The smallest absolute Gasteiger partial charge is 0.234 e. The highest BCUT2D eigenvalue weighted by Crippen LogP contribution is 2.32. The third kappa shape index (κ3) is 3.97. The van der Waals surface area contributed by atoms with E-state index in [2.05, 4.69) is 46.3 Å². The molecule has 0 aromatic heterocycles. The summed E-state index contributed by atoms with van der Waals surface area (Å²) < 4.78 is 0. The van der Waals surface area contributed by atoms with Crippen molar-refractivity contribution >= 4 is 11.6 Å². The average Bonchev–Trinajstić information content (AvgIpc) is 3.33. The lowest BCUT2D eigenvalue weighted by atomic mass is 10.2. The van der Waals surface area contributed by atoms with Gasteiger partial charge in [0.05, 0.1) is 6.54 Å². The predicted octanol–water partition coefficient (Wildman–Crippen LogP) is 1.72. The molecule has 2 fully saturated rings. The number of hydrogen-bond donors (Lipinski definition) is 1. The summed E-state index contributed by atoms with van der Waals surface area (Å²) in [6, 6.07) is 10.9. The minimum Gasteiger partial charge on any atom is -0.369 e. The van der Waals surface area contributed by atoms with Crippen LogP contribution in [0.25, 0.3) is 0 Å². The Morgan fingerprint density at radius 2 is 1.86 bits per heavy atom. The third-order valence-corrected chi connectivity index (χ3v) is 4.58. The van der Waals surface area contributed by atoms with Gasteiger partial charge >= 0.3 is 0 Å². The summed E-state index contributed by atoms with van der Waals surface area (Å²) in [4.78, 5) is 16.7. The molecule has 0 radical (unpaired) electrons. The number of nitrogens with one attached hydrogen (secondary N) is 1. The quantitative estimate of drug-likeness (QED) is 0.896. The van der Waals surface area contributed by atoms with Crippen molar-refractivity contribution in [3.63, 3.8) is 0 Å².